The maximum atomic E-state index is 13.1. The van der Waals surface area contributed by atoms with Crippen LogP contribution in [0.3, 0.4) is 0 Å². The topological polar surface area (TPSA) is 46.9 Å². The minimum atomic E-state index is -0.300. The molecule has 1 aromatic heterocycles. The Morgan fingerprint density at radius 1 is 1.14 bits per heavy atom. The minimum absolute atomic E-state index is 0.195. The summed E-state index contributed by atoms with van der Waals surface area (Å²) in [6, 6.07) is 19.0. The van der Waals surface area contributed by atoms with E-state index in [0.29, 0.717) is 17.1 Å². The van der Waals surface area contributed by atoms with Crippen LogP contribution in [0.25, 0.3) is 10.9 Å². The Morgan fingerprint density at radius 3 is 2.69 bits per heavy atom. The monoisotopic (exact) mass is 407 g/mol. The van der Waals surface area contributed by atoms with E-state index in [0.717, 1.165) is 22.0 Å². The van der Waals surface area contributed by atoms with Crippen LogP contribution in [-0.2, 0) is 6.54 Å². The largest absolute Gasteiger partial charge is 0.346 e. The first-order valence-corrected chi connectivity index (χ1v) is 9.64. The second-order valence-electron chi connectivity index (χ2n) is 6.95. The van der Waals surface area contributed by atoms with E-state index in [9.17, 15) is 9.18 Å². The lowest BCUT2D eigenvalue weighted by molar-refractivity contribution is 0.0940. The van der Waals surface area contributed by atoms with E-state index in [-0.39, 0.29) is 17.8 Å². The predicted octanol–water partition coefficient (Wildman–Crippen LogP) is 5.37. The van der Waals surface area contributed by atoms with Crippen molar-refractivity contribution in [3.63, 3.8) is 0 Å². The number of benzene rings is 3. The zero-order valence-corrected chi connectivity index (χ0v) is 16.5. The molecule has 0 bridgehead atoms. The molecule has 146 valence electrons. The van der Waals surface area contributed by atoms with Crippen LogP contribution < -0.4 is 5.32 Å². The first-order valence-electron chi connectivity index (χ1n) is 9.26. The molecule has 4 rings (SSSR count). The van der Waals surface area contributed by atoms with Gasteiger partial charge in [0.2, 0.25) is 0 Å². The van der Waals surface area contributed by atoms with E-state index < -0.39 is 0 Å². The van der Waals surface area contributed by atoms with E-state index in [1.54, 1.807) is 24.4 Å². The molecule has 1 N–H and O–H groups in total. The summed E-state index contributed by atoms with van der Waals surface area (Å²) in [5, 5.41) is 9.03. The molecule has 3 aromatic carbocycles. The number of nitrogens with one attached hydrogen (secondary N) is 1. The van der Waals surface area contributed by atoms with Gasteiger partial charge < -0.3 is 5.32 Å². The van der Waals surface area contributed by atoms with Gasteiger partial charge in [-0.1, -0.05) is 41.9 Å². The molecule has 0 saturated carbocycles. The lowest BCUT2D eigenvalue weighted by atomic mass is 10.1. The molecule has 1 amide bonds. The van der Waals surface area contributed by atoms with Gasteiger partial charge in [-0.3, -0.25) is 9.48 Å². The van der Waals surface area contributed by atoms with Crippen LogP contribution in [0.5, 0.6) is 0 Å². The molecule has 4 aromatic rings. The van der Waals surface area contributed by atoms with Gasteiger partial charge in [0.1, 0.15) is 5.82 Å². The summed E-state index contributed by atoms with van der Waals surface area (Å²) in [6.07, 6.45) is 1.78. The highest BCUT2D eigenvalue weighted by Gasteiger charge is 2.13. The SMILES string of the molecule is C[C@H](NC(=O)c1ccc2cnn(Cc3cccc(Cl)c3)c2c1)c1ccc(F)cc1. The maximum Gasteiger partial charge on any atom is 0.251 e. The second-order valence-corrected chi connectivity index (χ2v) is 7.39. The lowest BCUT2D eigenvalue weighted by Crippen LogP contribution is -2.26. The number of carbonyl (C=O) groups excluding carboxylic acids is 1. The molecule has 0 saturated heterocycles. The fourth-order valence-electron chi connectivity index (χ4n) is 3.26. The van der Waals surface area contributed by atoms with Gasteiger partial charge in [-0.25, -0.2) is 4.39 Å². The van der Waals surface area contributed by atoms with Gasteiger partial charge in [0.25, 0.3) is 5.91 Å². The Labute approximate surface area is 172 Å². The molecule has 29 heavy (non-hydrogen) atoms. The average Bonchev–Trinajstić information content (AvgIpc) is 3.10. The van der Waals surface area contributed by atoms with Crippen molar-refractivity contribution in [1.82, 2.24) is 15.1 Å². The number of nitrogens with zero attached hydrogens (tertiary/aromatic N) is 2. The molecule has 1 heterocycles. The van der Waals surface area contributed by atoms with Crippen LogP contribution in [0.15, 0.2) is 72.9 Å². The molecule has 4 nitrogen and oxygen atoms in total. The number of aromatic nitrogens is 2. The molecular weight excluding hydrogens is 389 g/mol. The molecule has 1 atom stereocenters. The van der Waals surface area contributed by atoms with E-state index >= 15 is 0 Å². The molecule has 0 fully saturated rings. The summed E-state index contributed by atoms with van der Waals surface area (Å²) in [4.78, 5) is 12.7. The van der Waals surface area contributed by atoms with Gasteiger partial charge >= 0.3 is 0 Å². The fraction of sp³-hybridized carbons (Fsp3) is 0.130. The van der Waals surface area contributed by atoms with E-state index in [4.69, 9.17) is 11.6 Å². The van der Waals surface area contributed by atoms with Gasteiger partial charge in [0, 0.05) is 16.0 Å². The van der Waals surface area contributed by atoms with Crippen molar-refractivity contribution < 1.29 is 9.18 Å². The Balaban J connectivity index is 1.56. The third-order valence-corrected chi connectivity index (χ3v) is 5.08. The summed E-state index contributed by atoms with van der Waals surface area (Å²) in [5.41, 5.74) is 3.28. The van der Waals surface area contributed by atoms with E-state index in [1.165, 1.54) is 12.1 Å². The van der Waals surface area contributed by atoms with Crippen molar-refractivity contribution in [3.05, 3.63) is 100 Å². The van der Waals surface area contributed by atoms with Crippen molar-refractivity contribution in [2.45, 2.75) is 19.5 Å². The zero-order valence-electron chi connectivity index (χ0n) is 15.8. The van der Waals surface area contributed by atoms with Gasteiger partial charge in [0.15, 0.2) is 0 Å². The Bertz CT molecular complexity index is 1170. The van der Waals surface area contributed by atoms with Crippen LogP contribution in [0, 0.1) is 5.82 Å². The molecule has 0 radical (unpaired) electrons. The highest BCUT2D eigenvalue weighted by Crippen LogP contribution is 2.20. The number of hydrogen-bond acceptors (Lipinski definition) is 2. The van der Waals surface area contributed by atoms with Crippen molar-refractivity contribution in [2.75, 3.05) is 0 Å². The van der Waals surface area contributed by atoms with Crippen LogP contribution in [-0.4, -0.2) is 15.7 Å². The first kappa shape index (κ1) is 19.2. The molecule has 0 spiro atoms. The summed E-state index contributed by atoms with van der Waals surface area (Å²) in [7, 11) is 0. The highest BCUT2D eigenvalue weighted by atomic mass is 35.5. The Hall–Kier alpha value is -3.18. The van der Waals surface area contributed by atoms with Crippen molar-refractivity contribution >= 4 is 28.4 Å². The van der Waals surface area contributed by atoms with Crippen LogP contribution >= 0.6 is 11.6 Å². The summed E-state index contributed by atoms with van der Waals surface area (Å²) in [6.45, 7) is 2.42. The fourth-order valence-corrected chi connectivity index (χ4v) is 3.47. The van der Waals surface area contributed by atoms with Crippen LogP contribution in [0.4, 0.5) is 4.39 Å². The van der Waals surface area contributed by atoms with Crippen molar-refractivity contribution in [2.24, 2.45) is 0 Å². The summed E-state index contributed by atoms with van der Waals surface area (Å²) in [5.74, 6) is -0.495. The van der Waals surface area contributed by atoms with Crippen molar-refractivity contribution in [1.29, 1.82) is 0 Å². The van der Waals surface area contributed by atoms with Crippen molar-refractivity contribution in [3.8, 4) is 0 Å². The lowest BCUT2D eigenvalue weighted by Gasteiger charge is -2.14. The summed E-state index contributed by atoms with van der Waals surface area (Å²) < 4.78 is 15.0. The van der Waals surface area contributed by atoms with E-state index in [1.807, 2.05) is 48.0 Å². The zero-order chi connectivity index (χ0) is 20.4. The molecular formula is C23H19ClFN3O. The average molecular weight is 408 g/mol. The second kappa shape index (κ2) is 8.05. The number of rotatable bonds is 5. The normalized spacial score (nSPS) is 12.1. The molecule has 0 aliphatic rings. The number of fused-ring (bicyclic) bond motifs is 1. The number of halogens is 2. The van der Waals surface area contributed by atoms with Crippen LogP contribution in [0.2, 0.25) is 5.02 Å². The van der Waals surface area contributed by atoms with Gasteiger partial charge in [-0.2, -0.15) is 5.10 Å². The highest BCUT2D eigenvalue weighted by molar-refractivity contribution is 6.30. The Kier molecular flexibility index (Phi) is 5.32. The van der Waals surface area contributed by atoms with Gasteiger partial charge in [-0.05, 0) is 54.4 Å². The number of amides is 1. The number of hydrogen-bond donors (Lipinski definition) is 1. The molecule has 0 aliphatic heterocycles. The van der Waals surface area contributed by atoms with E-state index in [2.05, 4.69) is 10.4 Å². The quantitative estimate of drug-likeness (QED) is 0.483. The predicted molar refractivity (Wildman–Crippen MR) is 113 cm³/mol. The molecule has 0 unspecified atom stereocenters. The van der Waals surface area contributed by atoms with Crippen LogP contribution in [0.1, 0.15) is 34.5 Å². The van der Waals surface area contributed by atoms with Gasteiger partial charge in [-0.15, -0.1) is 0 Å². The maximum absolute atomic E-state index is 13.1. The third kappa shape index (κ3) is 4.30. The Morgan fingerprint density at radius 2 is 1.93 bits per heavy atom. The minimum Gasteiger partial charge on any atom is -0.346 e. The molecule has 6 heteroatoms. The standard InChI is InChI=1S/C23H19ClFN3O/c1-15(17-7-9-21(25)10-8-17)27-23(29)18-5-6-19-13-26-28(22(19)12-18)14-16-3-2-4-20(24)11-16/h2-13,15H,14H2,1H3,(H,27,29)/t15-/m0/s1. The molecule has 0 aliphatic carbocycles. The first-order chi connectivity index (χ1) is 14.0. The number of carbonyl (C=O) groups is 1. The third-order valence-electron chi connectivity index (χ3n) is 4.85. The summed E-state index contributed by atoms with van der Waals surface area (Å²) >= 11 is 6.07. The smallest absolute Gasteiger partial charge is 0.251 e. The van der Waals surface area contributed by atoms with Gasteiger partial charge in [0.05, 0.1) is 24.3 Å².